The first kappa shape index (κ1) is 15.3. The summed E-state index contributed by atoms with van der Waals surface area (Å²) in [6, 6.07) is 7.40. The van der Waals surface area contributed by atoms with Gasteiger partial charge in [0.05, 0.1) is 6.54 Å². The van der Waals surface area contributed by atoms with E-state index in [1.807, 2.05) is 30.1 Å². The van der Waals surface area contributed by atoms with Gasteiger partial charge in [-0.2, -0.15) is 0 Å². The maximum Gasteiger partial charge on any atom is 0.336 e. The zero-order valence-electron chi connectivity index (χ0n) is 12.6. The summed E-state index contributed by atoms with van der Waals surface area (Å²) in [5, 5.41) is 3.50. The zero-order valence-corrected chi connectivity index (χ0v) is 12.6. The molecule has 2 rings (SSSR count). The van der Waals surface area contributed by atoms with Crippen LogP contribution in [0.15, 0.2) is 33.5 Å². The molecule has 0 bridgehead atoms. The van der Waals surface area contributed by atoms with Crippen LogP contribution in [0.25, 0.3) is 11.0 Å². The molecule has 0 aliphatic heterocycles. The van der Waals surface area contributed by atoms with E-state index >= 15 is 0 Å². The standard InChI is InChI=1S/C16H20N2O3/c1-4-11-5-6-13-12(8-16(20)21-14(13)7-11)9-18(3)10-15(19)17-2/h5-8H,4,9-10H2,1-3H3,(H,17,19). The fraction of sp³-hybridized carbons (Fsp3) is 0.375. The Morgan fingerprint density at radius 1 is 1.33 bits per heavy atom. The van der Waals surface area contributed by atoms with Gasteiger partial charge in [-0.05, 0) is 30.7 Å². The maximum atomic E-state index is 11.7. The van der Waals surface area contributed by atoms with E-state index in [0.29, 0.717) is 12.1 Å². The summed E-state index contributed by atoms with van der Waals surface area (Å²) in [5.74, 6) is -0.0574. The highest BCUT2D eigenvalue weighted by molar-refractivity contribution is 5.81. The fourth-order valence-electron chi connectivity index (χ4n) is 2.30. The molecule has 1 amide bonds. The Hall–Kier alpha value is -2.14. The third-order valence-electron chi connectivity index (χ3n) is 3.44. The van der Waals surface area contributed by atoms with Crippen molar-refractivity contribution in [2.45, 2.75) is 19.9 Å². The van der Waals surface area contributed by atoms with Crippen LogP contribution in [0.1, 0.15) is 18.1 Å². The number of benzene rings is 1. The van der Waals surface area contributed by atoms with Crippen molar-refractivity contribution < 1.29 is 9.21 Å². The normalized spacial score (nSPS) is 11.0. The number of aryl methyl sites for hydroxylation is 1. The number of hydrogen-bond donors (Lipinski definition) is 1. The van der Waals surface area contributed by atoms with Crippen molar-refractivity contribution in [2.75, 3.05) is 20.6 Å². The molecule has 1 N–H and O–H groups in total. The van der Waals surface area contributed by atoms with Gasteiger partial charge in [-0.25, -0.2) is 4.79 Å². The van der Waals surface area contributed by atoms with Crippen molar-refractivity contribution in [1.82, 2.24) is 10.2 Å². The molecule has 2 aromatic rings. The lowest BCUT2D eigenvalue weighted by atomic mass is 10.1. The molecule has 0 saturated heterocycles. The van der Waals surface area contributed by atoms with E-state index in [2.05, 4.69) is 12.2 Å². The second kappa shape index (κ2) is 6.54. The van der Waals surface area contributed by atoms with Crippen molar-refractivity contribution >= 4 is 16.9 Å². The van der Waals surface area contributed by atoms with E-state index in [1.165, 1.54) is 6.07 Å². The highest BCUT2D eigenvalue weighted by atomic mass is 16.4. The summed E-state index contributed by atoms with van der Waals surface area (Å²) in [6.07, 6.45) is 0.889. The van der Waals surface area contributed by atoms with Crippen molar-refractivity contribution in [2.24, 2.45) is 0 Å². The van der Waals surface area contributed by atoms with Crippen LogP contribution in [-0.4, -0.2) is 31.4 Å². The minimum Gasteiger partial charge on any atom is -0.423 e. The van der Waals surface area contributed by atoms with Gasteiger partial charge in [-0.1, -0.05) is 19.1 Å². The first-order valence-corrected chi connectivity index (χ1v) is 6.98. The molecule has 0 saturated carbocycles. The molecule has 0 atom stereocenters. The van der Waals surface area contributed by atoms with Crippen molar-refractivity contribution in [3.63, 3.8) is 0 Å². The summed E-state index contributed by atoms with van der Waals surface area (Å²) in [4.78, 5) is 25.0. The topological polar surface area (TPSA) is 62.6 Å². The number of hydrogen-bond acceptors (Lipinski definition) is 4. The van der Waals surface area contributed by atoms with Crippen LogP contribution in [0.2, 0.25) is 0 Å². The molecular weight excluding hydrogens is 268 g/mol. The Morgan fingerprint density at radius 2 is 2.10 bits per heavy atom. The first-order chi connectivity index (χ1) is 10.0. The van der Waals surface area contributed by atoms with Gasteiger partial charge >= 0.3 is 5.63 Å². The number of rotatable bonds is 5. The Labute approximate surface area is 123 Å². The van der Waals surface area contributed by atoms with Crippen molar-refractivity contribution in [1.29, 1.82) is 0 Å². The van der Waals surface area contributed by atoms with Gasteiger partial charge in [0, 0.05) is 25.0 Å². The van der Waals surface area contributed by atoms with E-state index in [-0.39, 0.29) is 18.1 Å². The molecule has 1 aromatic carbocycles. The van der Waals surface area contributed by atoms with E-state index in [4.69, 9.17) is 4.42 Å². The van der Waals surface area contributed by atoms with Gasteiger partial charge in [0.1, 0.15) is 5.58 Å². The van der Waals surface area contributed by atoms with Crippen molar-refractivity contribution in [3.05, 3.63) is 45.8 Å². The highest BCUT2D eigenvalue weighted by Gasteiger charge is 2.10. The lowest BCUT2D eigenvalue weighted by molar-refractivity contribution is -0.121. The molecule has 0 spiro atoms. The van der Waals surface area contributed by atoms with Crippen LogP contribution < -0.4 is 10.9 Å². The predicted molar refractivity (Wildman–Crippen MR) is 82.3 cm³/mol. The van der Waals surface area contributed by atoms with Crippen LogP contribution in [0.4, 0.5) is 0 Å². The summed E-state index contributed by atoms with van der Waals surface area (Å²) in [7, 11) is 3.45. The average molecular weight is 288 g/mol. The van der Waals surface area contributed by atoms with E-state index in [0.717, 1.165) is 22.9 Å². The summed E-state index contributed by atoms with van der Waals surface area (Å²) >= 11 is 0. The summed E-state index contributed by atoms with van der Waals surface area (Å²) in [6.45, 7) is 2.85. The smallest absolute Gasteiger partial charge is 0.336 e. The van der Waals surface area contributed by atoms with E-state index in [1.54, 1.807) is 7.05 Å². The molecule has 0 aliphatic carbocycles. The van der Waals surface area contributed by atoms with E-state index in [9.17, 15) is 9.59 Å². The van der Waals surface area contributed by atoms with Crippen molar-refractivity contribution in [3.8, 4) is 0 Å². The number of nitrogens with zero attached hydrogens (tertiary/aromatic N) is 1. The minimum absolute atomic E-state index is 0.0574. The number of nitrogens with one attached hydrogen (secondary N) is 1. The van der Waals surface area contributed by atoms with Gasteiger partial charge < -0.3 is 9.73 Å². The minimum atomic E-state index is -0.362. The quantitative estimate of drug-likeness (QED) is 0.848. The number of amides is 1. The maximum absolute atomic E-state index is 11.7. The number of carbonyl (C=O) groups is 1. The largest absolute Gasteiger partial charge is 0.423 e. The SMILES string of the molecule is CCc1ccc2c(CN(C)CC(=O)NC)cc(=O)oc2c1. The zero-order chi connectivity index (χ0) is 15.4. The summed E-state index contributed by atoms with van der Waals surface area (Å²) < 4.78 is 5.28. The first-order valence-electron chi connectivity index (χ1n) is 6.98. The molecule has 0 radical (unpaired) electrons. The van der Waals surface area contributed by atoms with Gasteiger partial charge in [-0.3, -0.25) is 9.69 Å². The predicted octanol–water partition coefficient (Wildman–Crippen LogP) is 1.53. The molecule has 1 heterocycles. The third kappa shape index (κ3) is 3.70. The number of fused-ring (bicyclic) bond motifs is 1. The molecule has 21 heavy (non-hydrogen) atoms. The Kier molecular flexibility index (Phi) is 4.75. The van der Waals surface area contributed by atoms with Gasteiger partial charge in [0.25, 0.3) is 0 Å². The second-order valence-corrected chi connectivity index (χ2v) is 5.12. The Balaban J connectivity index is 2.35. The second-order valence-electron chi connectivity index (χ2n) is 5.12. The molecule has 5 nitrogen and oxygen atoms in total. The lowest BCUT2D eigenvalue weighted by Gasteiger charge is -2.16. The average Bonchev–Trinajstić information content (AvgIpc) is 2.45. The van der Waals surface area contributed by atoms with Crippen LogP contribution in [0, 0.1) is 0 Å². The highest BCUT2D eigenvalue weighted by Crippen LogP contribution is 2.20. The molecule has 5 heteroatoms. The van der Waals surface area contributed by atoms with Crippen LogP contribution in [0.5, 0.6) is 0 Å². The Morgan fingerprint density at radius 3 is 2.76 bits per heavy atom. The van der Waals surface area contributed by atoms with E-state index < -0.39 is 0 Å². The fourth-order valence-corrected chi connectivity index (χ4v) is 2.30. The molecule has 0 unspecified atom stereocenters. The van der Waals surface area contributed by atoms with Gasteiger partial charge in [0.2, 0.25) is 5.91 Å². The monoisotopic (exact) mass is 288 g/mol. The van der Waals surface area contributed by atoms with Gasteiger partial charge in [-0.15, -0.1) is 0 Å². The molecule has 0 fully saturated rings. The molecule has 0 aliphatic rings. The van der Waals surface area contributed by atoms with Crippen LogP contribution >= 0.6 is 0 Å². The number of carbonyl (C=O) groups excluding carboxylic acids is 1. The van der Waals surface area contributed by atoms with Gasteiger partial charge in [0.15, 0.2) is 0 Å². The molecular formula is C16H20N2O3. The Bertz CT molecular complexity index is 706. The van der Waals surface area contributed by atoms with Crippen LogP contribution in [-0.2, 0) is 17.8 Å². The molecule has 1 aromatic heterocycles. The summed E-state index contributed by atoms with van der Waals surface area (Å²) in [5.41, 5.74) is 2.24. The molecule has 112 valence electrons. The third-order valence-corrected chi connectivity index (χ3v) is 3.44. The van der Waals surface area contributed by atoms with Crippen LogP contribution in [0.3, 0.4) is 0 Å². The number of likely N-dealkylation sites (N-methyl/N-ethyl adjacent to an activating group) is 2. The lowest BCUT2D eigenvalue weighted by Crippen LogP contribution is -2.32.